The number of phenols is 1. The van der Waals surface area contributed by atoms with Gasteiger partial charge < -0.3 is 19.9 Å². The van der Waals surface area contributed by atoms with Crippen LogP contribution in [-0.2, 0) is 6.54 Å². The molecule has 0 atom stereocenters. The third kappa shape index (κ3) is 3.73. The number of rotatable bonds is 6. The molecule has 0 fully saturated rings. The van der Waals surface area contributed by atoms with Gasteiger partial charge in [-0.2, -0.15) is 0 Å². The number of anilines is 1. The van der Waals surface area contributed by atoms with E-state index < -0.39 is 0 Å². The van der Waals surface area contributed by atoms with Gasteiger partial charge in [0.25, 0.3) is 0 Å². The van der Waals surface area contributed by atoms with Crippen LogP contribution in [0.25, 0.3) is 0 Å². The summed E-state index contributed by atoms with van der Waals surface area (Å²) in [6.07, 6.45) is 0. The molecule has 0 aliphatic rings. The molecule has 0 saturated heterocycles. The van der Waals surface area contributed by atoms with Gasteiger partial charge in [0.05, 0.1) is 18.7 Å². The number of hydrogen-bond donors (Lipinski definition) is 2. The van der Waals surface area contributed by atoms with Crippen LogP contribution in [0.3, 0.4) is 0 Å². The van der Waals surface area contributed by atoms with Crippen molar-refractivity contribution in [3.8, 4) is 17.2 Å². The quantitative estimate of drug-likeness (QED) is 0.845. The number of nitrogens with one attached hydrogen (secondary N) is 1. The average molecular weight is 308 g/mol. The molecule has 2 rings (SSSR count). The predicted octanol–water partition coefficient (Wildman–Crippen LogP) is 4.07. The molecule has 2 N–H and O–H groups in total. The molecule has 2 aromatic carbocycles. The van der Waals surface area contributed by atoms with Crippen molar-refractivity contribution in [1.82, 2.24) is 0 Å². The molecule has 0 spiro atoms. The summed E-state index contributed by atoms with van der Waals surface area (Å²) in [5, 5.41) is 13.4. The van der Waals surface area contributed by atoms with Crippen molar-refractivity contribution in [2.24, 2.45) is 0 Å². The second-order valence-electron chi connectivity index (χ2n) is 4.40. The summed E-state index contributed by atoms with van der Waals surface area (Å²) in [6.45, 7) is 2.97. The van der Waals surface area contributed by atoms with Crippen LogP contribution < -0.4 is 14.8 Å². The van der Waals surface area contributed by atoms with Crippen LogP contribution in [0.5, 0.6) is 17.2 Å². The lowest BCUT2D eigenvalue weighted by atomic mass is 10.2. The van der Waals surface area contributed by atoms with E-state index in [9.17, 15) is 5.11 Å². The minimum atomic E-state index is 0.101. The third-order valence-corrected chi connectivity index (χ3v) is 3.32. The zero-order chi connectivity index (χ0) is 15.2. The smallest absolute Gasteiger partial charge is 0.162 e. The topological polar surface area (TPSA) is 50.7 Å². The highest BCUT2D eigenvalue weighted by molar-refractivity contribution is 6.32. The summed E-state index contributed by atoms with van der Waals surface area (Å²) >= 11 is 5.88. The van der Waals surface area contributed by atoms with Crippen molar-refractivity contribution < 1.29 is 14.6 Å². The molecular weight excluding hydrogens is 290 g/mol. The van der Waals surface area contributed by atoms with Gasteiger partial charge >= 0.3 is 0 Å². The van der Waals surface area contributed by atoms with E-state index in [0.29, 0.717) is 29.7 Å². The van der Waals surface area contributed by atoms with E-state index in [1.54, 1.807) is 19.2 Å². The molecular formula is C16H18ClNO3. The van der Waals surface area contributed by atoms with Gasteiger partial charge in [0.2, 0.25) is 0 Å². The highest BCUT2D eigenvalue weighted by Gasteiger charge is 2.07. The second kappa shape index (κ2) is 7.09. The number of phenolic OH excluding ortho intramolecular Hbond substituents is 1. The van der Waals surface area contributed by atoms with Crippen LogP contribution in [-0.4, -0.2) is 18.8 Å². The van der Waals surface area contributed by atoms with E-state index >= 15 is 0 Å². The minimum Gasteiger partial charge on any atom is -0.506 e. The van der Waals surface area contributed by atoms with Crippen LogP contribution in [0.15, 0.2) is 36.4 Å². The van der Waals surface area contributed by atoms with Gasteiger partial charge in [-0.3, -0.25) is 0 Å². The first-order valence-electron chi connectivity index (χ1n) is 6.66. The van der Waals surface area contributed by atoms with Gasteiger partial charge in [-0.15, -0.1) is 0 Å². The van der Waals surface area contributed by atoms with Crippen LogP contribution >= 0.6 is 11.6 Å². The summed E-state index contributed by atoms with van der Waals surface area (Å²) < 4.78 is 10.8. The van der Waals surface area contributed by atoms with Gasteiger partial charge in [0.1, 0.15) is 5.75 Å². The molecule has 0 aliphatic heterocycles. The Morgan fingerprint density at radius 1 is 1.19 bits per heavy atom. The highest BCUT2D eigenvalue weighted by Crippen LogP contribution is 2.31. The van der Waals surface area contributed by atoms with E-state index in [-0.39, 0.29) is 5.75 Å². The SMILES string of the molecule is CCOc1ccc(NCc2cccc(Cl)c2O)cc1OC. The van der Waals surface area contributed by atoms with Crippen LogP contribution in [0, 0.1) is 0 Å². The van der Waals surface area contributed by atoms with Crippen LogP contribution in [0.2, 0.25) is 5.02 Å². The lowest BCUT2D eigenvalue weighted by Gasteiger charge is -2.13. The standard InChI is InChI=1S/C16H18ClNO3/c1-3-21-14-8-7-12(9-15(14)20-2)18-10-11-5-4-6-13(17)16(11)19/h4-9,18-19H,3,10H2,1-2H3. The number of aromatic hydroxyl groups is 1. The average Bonchev–Trinajstić information content (AvgIpc) is 2.50. The zero-order valence-electron chi connectivity index (χ0n) is 12.0. The Labute approximate surface area is 129 Å². The number of para-hydroxylation sites is 1. The Bertz CT molecular complexity index is 616. The summed E-state index contributed by atoms with van der Waals surface area (Å²) in [4.78, 5) is 0. The molecule has 0 aliphatic carbocycles. The number of ether oxygens (including phenoxy) is 2. The van der Waals surface area contributed by atoms with Crippen molar-refractivity contribution >= 4 is 17.3 Å². The number of methoxy groups -OCH3 is 1. The Hall–Kier alpha value is -2.07. The molecule has 0 aromatic heterocycles. The van der Waals surface area contributed by atoms with Gasteiger partial charge in [-0.1, -0.05) is 23.7 Å². The summed E-state index contributed by atoms with van der Waals surface area (Å²) in [5.41, 5.74) is 1.60. The molecule has 21 heavy (non-hydrogen) atoms. The van der Waals surface area contributed by atoms with Crippen LogP contribution in [0.1, 0.15) is 12.5 Å². The fourth-order valence-electron chi connectivity index (χ4n) is 1.95. The first-order valence-corrected chi connectivity index (χ1v) is 7.04. The van der Waals surface area contributed by atoms with Crippen molar-refractivity contribution in [3.63, 3.8) is 0 Å². The molecule has 0 radical (unpaired) electrons. The molecule has 0 unspecified atom stereocenters. The zero-order valence-corrected chi connectivity index (χ0v) is 12.8. The maximum Gasteiger partial charge on any atom is 0.162 e. The first-order chi connectivity index (χ1) is 10.2. The molecule has 0 saturated carbocycles. The van der Waals surface area contributed by atoms with E-state index in [1.165, 1.54) is 0 Å². The van der Waals surface area contributed by atoms with Crippen molar-refractivity contribution in [3.05, 3.63) is 47.0 Å². The van der Waals surface area contributed by atoms with Gasteiger partial charge in [-0.25, -0.2) is 0 Å². The van der Waals surface area contributed by atoms with Gasteiger partial charge in [0, 0.05) is 23.9 Å². The Morgan fingerprint density at radius 3 is 2.71 bits per heavy atom. The molecule has 0 heterocycles. The second-order valence-corrected chi connectivity index (χ2v) is 4.81. The predicted molar refractivity (Wildman–Crippen MR) is 84.6 cm³/mol. The van der Waals surface area contributed by atoms with Gasteiger partial charge in [-0.05, 0) is 25.1 Å². The van der Waals surface area contributed by atoms with E-state index in [2.05, 4.69) is 5.32 Å². The molecule has 5 heteroatoms. The summed E-state index contributed by atoms with van der Waals surface area (Å²) in [5.74, 6) is 1.47. The fourth-order valence-corrected chi connectivity index (χ4v) is 2.15. The summed E-state index contributed by atoms with van der Waals surface area (Å²) in [7, 11) is 1.60. The van der Waals surface area contributed by atoms with Crippen molar-refractivity contribution in [2.45, 2.75) is 13.5 Å². The fraction of sp³-hybridized carbons (Fsp3) is 0.250. The lowest BCUT2D eigenvalue weighted by Crippen LogP contribution is -2.01. The third-order valence-electron chi connectivity index (χ3n) is 3.02. The minimum absolute atomic E-state index is 0.101. The monoisotopic (exact) mass is 307 g/mol. The maximum absolute atomic E-state index is 9.87. The lowest BCUT2D eigenvalue weighted by molar-refractivity contribution is 0.311. The summed E-state index contributed by atoms with van der Waals surface area (Å²) in [6, 6.07) is 10.9. The number of halogens is 1. The van der Waals surface area contributed by atoms with Crippen LogP contribution in [0.4, 0.5) is 5.69 Å². The van der Waals surface area contributed by atoms with Crippen molar-refractivity contribution in [2.75, 3.05) is 19.0 Å². The Kier molecular flexibility index (Phi) is 5.17. The normalized spacial score (nSPS) is 10.2. The van der Waals surface area contributed by atoms with Crippen molar-refractivity contribution in [1.29, 1.82) is 0 Å². The number of hydrogen-bond acceptors (Lipinski definition) is 4. The molecule has 112 valence electrons. The molecule has 4 nitrogen and oxygen atoms in total. The number of benzene rings is 2. The van der Waals surface area contributed by atoms with E-state index in [1.807, 2.05) is 31.2 Å². The molecule has 2 aromatic rings. The highest BCUT2D eigenvalue weighted by atomic mass is 35.5. The maximum atomic E-state index is 9.87. The Morgan fingerprint density at radius 2 is 2.00 bits per heavy atom. The van der Waals surface area contributed by atoms with Gasteiger partial charge in [0.15, 0.2) is 11.5 Å². The molecule has 0 amide bonds. The van der Waals surface area contributed by atoms with E-state index in [0.717, 1.165) is 11.3 Å². The Balaban J connectivity index is 2.11. The molecule has 0 bridgehead atoms. The largest absolute Gasteiger partial charge is 0.506 e. The first kappa shape index (κ1) is 15.3. The van der Waals surface area contributed by atoms with E-state index in [4.69, 9.17) is 21.1 Å².